The molecule has 0 N–H and O–H groups in total. The van der Waals surface area contributed by atoms with Crippen molar-refractivity contribution in [2.45, 2.75) is 19.5 Å². The molecule has 4 aromatic carbocycles. The summed E-state index contributed by atoms with van der Waals surface area (Å²) in [5.74, 6) is 1.00. The predicted octanol–water partition coefficient (Wildman–Crippen LogP) is 6.85. The molecule has 1 nitrogen and oxygen atoms in total. The van der Waals surface area contributed by atoms with Crippen LogP contribution >= 0.6 is 12.0 Å². The first-order chi connectivity index (χ1) is 13.2. The molecule has 4 aromatic rings. The minimum absolute atomic E-state index is 0.956. The largest absolute Gasteiger partial charge is 0.361 e. The molecule has 0 unspecified atom stereocenters. The van der Waals surface area contributed by atoms with Crippen LogP contribution in [-0.2, 0) is 10.3 Å². The summed E-state index contributed by atoms with van der Waals surface area (Å²) in [6.45, 7) is 4.42. The van der Waals surface area contributed by atoms with Crippen LogP contribution in [0.25, 0.3) is 32.7 Å². The lowest BCUT2D eigenvalue weighted by Crippen LogP contribution is -2.02. The van der Waals surface area contributed by atoms with Crippen molar-refractivity contribution in [1.82, 2.24) is 0 Å². The zero-order chi connectivity index (χ0) is 18.6. The number of rotatable bonds is 6. The van der Waals surface area contributed by atoms with Crippen molar-refractivity contribution < 1.29 is 3.87 Å². The fourth-order valence-corrected chi connectivity index (χ4v) is 5.39. The standard InChI is InChI=1S/C24H24OSSi/c1-27(2)25-26-17-16-19-14-15-24(22-12-6-5-11-21(19)22)23-13-7-9-18-8-3-4-10-20(18)23/h3-15,27H,16-17H2,1-2H3. The van der Waals surface area contributed by atoms with Gasteiger partial charge in [0, 0.05) is 5.75 Å². The summed E-state index contributed by atoms with van der Waals surface area (Å²) in [7, 11) is -0.956. The first-order valence-electron chi connectivity index (χ1n) is 9.51. The molecule has 0 saturated heterocycles. The first kappa shape index (κ1) is 18.3. The van der Waals surface area contributed by atoms with Crippen LogP contribution in [0.1, 0.15) is 5.56 Å². The molecule has 0 heterocycles. The normalized spacial score (nSPS) is 11.5. The maximum Gasteiger partial charge on any atom is 0.190 e. The summed E-state index contributed by atoms with van der Waals surface area (Å²) in [6, 6.07) is 28.6. The molecule has 0 bridgehead atoms. The van der Waals surface area contributed by atoms with E-state index in [0.717, 1.165) is 12.2 Å². The van der Waals surface area contributed by atoms with E-state index >= 15 is 0 Å². The highest BCUT2D eigenvalue weighted by Crippen LogP contribution is 2.35. The van der Waals surface area contributed by atoms with Gasteiger partial charge in [-0.3, -0.25) is 0 Å². The van der Waals surface area contributed by atoms with Crippen molar-refractivity contribution in [2.24, 2.45) is 0 Å². The summed E-state index contributed by atoms with van der Waals surface area (Å²) in [4.78, 5) is 0. The fourth-order valence-electron chi connectivity index (χ4n) is 3.61. The van der Waals surface area contributed by atoms with E-state index in [1.165, 1.54) is 38.2 Å². The number of hydrogen-bond donors (Lipinski definition) is 0. The molecule has 0 radical (unpaired) electrons. The van der Waals surface area contributed by atoms with Gasteiger partial charge in [-0.25, -0.2) is 0 Å². The van der Waals surface area contributed by atoms with Crippen LogP contribution in [0.15, 0.2) is 78.9 Å². The second kappa shape index (κ2) is 8.30. The molecule has 0 atom stereocenters. The molecule has 0 fully saturated rings. The summed E-state index contributed by atoms with van der Waals surface area (Å²) in [5.41, 5.74) is 4.01. The Labute approximate surface area is 167 Å². The van der Waals surface area contributed by atoms with Crippen LogP contribution in [-0.4, -0.2) is 14.8 Å². The number of hydrogen-bond acceptors (Lipinski definition) is 2. The van der Waals surface area contributed by atoms with Crippen molar-refractivity contribution in [1.29, 1.82) is 0 Å². The molecular weight excluding hydrogens is 364 g/mol. The molecule has 136 valence electrons. The maximum atomic E-state index is 5.77. The van der Waals surface area contributed by atoms with Gasteiger partial charge in [0.05, 0.1) is 0 Å². The van der Waals surface area contributed by atoms with Gasteiger partial charge >= 0.3 is 0 Å². The summed E-state index contributed by atoms with van der Waals surface area (Å²) < 4.78 is 5.77. The highest BCUT2D eigenvalue weighted by molar-refractivity contribution is 7.95. The molecule has 0 amide bonds. The Morgan fingerprint density at radius 2 is 1.37 bits per heavy atom. The molecule has 27 heavy (non-hydrogen) atoms. The van der Waals surface area contributed by atoms with Crippen LogP contribution in [0.4, 0.5) is 0 Å². The Morgan fingerprint density at radius 3 is 2.19 bits per heavy atom. The lowest BCUT2D eigenvalue weighted by atomic mass is 9.91. The molecule has 0 aliphatic carbocycles. The topological polar surface area (TPSA) is 9.23 Å². The molecule has 0 saturated carbocycles. The first-order valence-corrected chi connectivity index (χ1v) is 13.2. The van der Waals surface area contributed by atoms with Crippen molar-refractivity contribution in [3.05, 3.63) is 84.4 Å². The Hall–Kier alpha value is -2.07. The van der Waals surface area contributed by atoms with Gasteiger partial charge in [0.1, 0.15) is 0 Å². The molecule has 0 aliphatic heterocycles. The van der Waals surface area contributed by atoms with E-state index in [2.05, 4.69) is 92.0 Å². The SMILES string of the molecule is C[SiH](C)OSCCc1ccc(-c2cccc3ccccc23)c2ccccc12. The highest BCUT2D eigenvalue weighted by atomic mass is 32.2. The van der Waals surface area contributed by atoms with E-state index in [1.54, 1.807) is 12.0 Å². The van der Waals surface area contributed by atoms with Gasteiger partial charge < -0.3 is 3.87 Å². The Balaban J connectivity index is 1.76. The van der Waals surface area contributed by atoms with E-state index in [9.17, 15) is 0 Å². The zero-order valence-electron chi connectivity index (χ0n) is 15.8. The lowest BCUT2D eigenvalue weighted by Gasteiger charge is -2.14. The molecule has 4 rings (SSSR count). The van der Waals surface area contributed by atoms with Crippen LogP contribution in [0.5, 0.6) is 0 Å². The summed E-state index contributed by atoms with van der Waals surface area (Å²) in [5, 5.41) is 5.28. The van der Waals surface area contributed by atoms with Crippen molar-refractivity contribution in [3.8, 4) is 11.1 Å². The van der Waals surface area contributed by atoms with E-state index in [1.807, 2.05) is 0 Å². The van der Waals surface area contributed by atoms with Gasteiger partial charge in [-0.15, -0.1) is 0 Å². The van der Waals surface area contributed by atoms with Crippen LogP contribution < -0.4 is 0 Å². The number of fused-ring (bicyclic) bond motifs is 2. The van der Waals surface area contributed by atoms with Gasteiger partial charge in [-0.05, 0) is 69.8 Å². The highest BCUT2D eigenvalue weighted by Gasteiger charge is 2.10. The minimum Gasteiger partial charge on any atom is -0.361 e. The monoisotopic (exact) mass is 388 g/mol. The predicted molar refractivity (Wildman–Crippen MR) is 123 cm³/mol. The molecule has 0 aliphatic rings. The fraction of sp³-hybridized carbons (Fsp3) is 0.167. The van der Waals surface area contributed by atoms with Crippen LogP contribution in [0, 0.1) is 0 Å². The van der Waals surface area contributed by atoms with Gasteiger partial charge in [0.15, 0.2) is 9.04 Å². The van der Waals surface area contributed by atoms with Crippen LogP contribution in [0.2, 0.25) is 13.1 Å². The second-order valence-electron chi connectivity index (χ2n) is 7.06. The van der Waals surface area contributed by atoms with E-state index in [0.29, 0.717) is 0 Å². The Kier molecular flexibility index (Phi) is 5.62. The quantitative estimate of drug-likeness (QED) is 0.203. The minimum atomic E-state index is -0.956. The Bertz CT molecular complexity index is 1070. The van der Waals surface area contributed by atoms with E-state index in [4.69, 9.17) is 3.87 Å². The van der Waals surface area contributed by atoms with Crippen LogP contribution in [0.3, 0.4) is 0 Å². The third kappa shape index (κ3) is 3.96. The van der Waals surface area contributed by atoms with Gasteiger partial charge in [0.2, 0.25) is 0 Å². The van der Waals surface area contributed by atoms with E-state index < -0.39 is 9.04 Å². The zero-order valence-corrected chi connectivity index (χ0v) is 17.8. The number of benzene rings is 4. The van der Waals surface area contributed by atoms with Gasteiger partial charge in [0.25, 0.3) is 0 Å². The number of aryl methyl sites for hydroxylation is 1. The van der Waals surface area contributed by atoms with E-state index in [-0.39, 0.29) is 0 Å². The molecule has 0 spiro atoms. The van der Waals surface area contributed by atoms with Gasteiger partial charge in [-0.2, -0.15) is 0 Å². The molecule has 3 heteroatoms. The Morgan fingerprint density at radius 1 is 0.704 bits per heavy atom. The lowest BCUT2D eigenvalue weighted by molar-refractivity contribution is 0.679. The summed E-state index contributed by atoms with van der Waals surface area (Å²) >= 11 is 1.63. The van der Waals surface area contributed by atoms with Gasteiger partial charge in [-0.1, -0.05) is 78.9 Å². The smallest absolute Gasteiger partial charge is 0.190 e. The van der Waals surface area contributed by atoms with Crippen molar-refractivity contribution in [3.63, 3.8) is 0 Å². The maximum absolute atomic E-state index is 5.77. The third-order valence-corrected chi connectivity index (χ3v) is 7.26. The average molecular weight is 389 g/mol. The summed E-state index contributed by atoms with van der Waals surface area (Å²) in [6.07, 6.45) is 1.03. The second-order valence-corrected chi connectivity index (χ2v) is 10.6. The molecular formula is C24H24OSSi. The van der Waals surface area contributed by atoms with Crippen molar-refractivity contribution >= 4 is 42.6 Å². The van der Waals surface area contributed by atoms with Crippen molar-refractivity contribution in [2.75, 3.05) is 5.75 Å². The molecule has 0 aromatic heterocycles. The third-order valence-electron chi connectivity index (χ3n) is 4.81. The average Bonchev–Trinajstić information content (AvgIpc) is 2.70.